The third-order valence-corrected chi connectivity index (χ3v) is 7.07. The number of imidazole rings is 1. The summed E-state index contributed by atoms with van der Waals surface area (Å²) < 4.78 is 3.97. The van der Waals surface area contributed by atoms with E-state index in [0.29, 0.717) is 34.4 Å². The van der Waals surface area contributed by atoms with Gasteiger partial charge >= 0.3 is 5.69 Å². The molecule has 0 unspecified atom stereocenters. The van der Waals surface area contributed by atoms with Gasteiger partial charge in [0, 0.05) is 26.6 Å². The molecule has 1 aliphatic rings. The van der Waals surface area contributed by atoms with Crippen molar-refractivity contribution in [2.75, 3.05) is 4.90 Å². The molecular formula is C18H23N7O3S2. The highest BCUT2D eigenvalue weighted by Gasteiger charge is 2.34. The zero-order valence-corrected chi connectivity index (χ0v) is 18.7. The molecule has 12 heteroatoms. The van der Waals surface area contributed by atoms with E-state index in [2.05, 4.69) is 20.2 Å². The Morgan fingerprint density at radius 3 is 2.77 bits per heavy atom. The average molecular weight is 450 g/mol. The number of carbonyl (C=O) groups excluding carboxylic acids is 1. The van der Waals surface area contributed by atoms with Gasteiger partial charge in [0.2, 0.25) is 11.0 Å². The molecule has 1 fully saturated rings. The van der Waals surface area contributed by atoms with Crippen LogP contribution < -0.4 is 16.1 Å². The lowest BCUT2D eigenvalue weighted by Crippen LogP contribution is -2.31. The van der Waals surface area contributed by atoms with Crippen molar-refractivity contribution in [3.8, 4) is 0 Å². The highest BCUT2D eigenvalue weighted by atomic mass is 32.2. The summed E-state index contributed by atoms with van der Waals surface area (Å²) in [7, 11) is 1.77. The zero-order valence-electron chi connectivity index (χ0n) is 17.0. The minimum atomic E-state index is -0.436. The van der Waals surface area contributed by atoms with Crippen LogP contribution in [0.25, 0.3) is 11.2 Å². The second kappa shape index (κ2) is 8.34. The van der Waals surface area contributed by atoms with Crippen LogP contribution in [0.15, 0.2) is 13.9 Å². The predicted molar refractivity (Wildman–Crippen MR) is 116 cm³/mol. The topological polar surface area (TPSA) is 119 Å². The van der Waals surface area contributed by atoms with Crippen molar-refractivity contribution in [1.29, 1.82) is 0 Å². The summed E-state index contributed by atoms with van der Waals surface area (Å²) in [6.45, 7) is 4.09. The summed E-state index contributed by atoms with van der Waals surface area (Å²) in [5, 5.41) is 8.98. The highest BCUT2D eigenvalue weighted by Crippen LogP contribution is 2.36. The largest absolute Gasteiger partial charge is 0.330 e. The normalized spacial score (nSPS) is 13.8. The van der Waals surface area contributed by atoms with E-state index in [4.69, 9.17) is 0 Å². The van der Waals surface area contributed by atoms with Crippen LogP contribution in [0.3, 0.4) is 0 Å². The van der Waals surface area contributed by atoms with Crippen molar-refractivity contribution >= 4 is 45.3 Å². The molecule has 3 aromatic heterocycles. The second-order valence-corrected chi connectivity index (χ2v) is 9.46. The van der Waals surface area contributed by atoms with Crippen molar-refractivity contribution in [2.45, 2.75) is 62.2 Å². The monoisotopic (exact) mass is 449 g/mol. The predicted octanol–water partition coefficient (Wildman–Crippen LogP) is 1.88. The summed E-state index contributed by atoms with van der Waals surface area (Å²) >= 11 is 2.82. The zero-order chi connectivity index (χ0) is 21.4. The first-order chi connectivity index (χ1) is 14.4. The summed E-state index contributed by atoms with van der Waals surface area (Å²) in [6, 6.07) is 0.236. The Labute approximate surface area is 180 Å². The van der Waals surface area contributed by atoms with Gasteiger partial charge in [-0.2, -0.15) is 0 Å². The fourth-order valence-electron chi connectivity index (χ4n) is 3.31. The number of hydrogen-bond acceptors (Lipinski definition) is 8. The molecule has 1 amide bonds. The van der Waals surface area contributed by atoms with Gasteiger partial charge in [-0.1, -0.05) is 36.4 Å². The number of H-pyrrole nitrogens is 1. The Morgan fingerprint density at radius 2 is 2.10 bits per heavy atom. The molecule has 0 atom stereocenters. The van der Waals surface area contributed by atoms with Crippen molar-refractivity contribution in [1.82, 2.24) is 29.3 Å². The summed E-state index contributed by atoms with van der Waals surface area (Å²) in [4.78, 5) is 45.2. The number of aryl methyl sites for hydroxylation is 2. The first-order valence-corrected chi connectivity index (χ1v) is 11.7. The van der Waals surface area contributed by atoms with E-state index in [1.165, 1.54) is 27.7 Å². The number of amides is 1. The molecule has 0 bridgehead atoms. The Balaban J connectivity index is 1.58. The lowest BCUT2D eigenvalue weighted by Gasteiger charge is -2.15. The number of nitrogens with one attached hydrogen (secondary N) is 1. The fourth-order valence-corrected chi connectivity index (χ4v) is 5.25. The fraction of sp³-hybridized carbons (Fsp3) is 0.556. The summed E-state index contributed by atoms with van der Waals surface area (Å²) in [5.41, 5.74) is -0.0781. The molecule has 1 saturated carbocycles. The highest BCUT2D eigenvalue weighted by molar-refractivity contribution is 8.00. The molecule has 1 N–H and O–H groups in total. The van der Waals surface area contributed by atoms with Crippen molar-refractivity contribution in [3.05, 3.63) is 26.7 Å². The molecule has 3 aromatic rings. The molecule has 0 saturated heterocycles. The maximum absolute atomic E-state index is 12.4. The van der Waals surface area contributed by atoms with Gasteiger partial charge in [0.05, 0.1) is 5.75 Å². The first-order valence-electron chi connectivity index (χ1n) is 9.85. The SMILES string of the molecule is CCCCn1c(=O)[nH]c(=O)c2c1nc(CSc1nnc(N(C(C)=O)C3CC3)s1)n2C. The quantitative estimate of drug-likeness (QED) is 0.412. The van der Waals surface area contributed by atoms with Crippen molar-refractivity contribution in [2.24, 2.45) is 7.05 Å². The van der Waals surface area contributed by atoms with E-state index in [-0.39, 0.29) is 11.9 Å². The molecule has 10 nitrogen and oxygen atoms in total. The number of unbranched alkanes of at least 4 members (excludes halogenated alkanes) is 1. The minimum absolute atomic E-state index is 0.0233. The van der Waals surface area contributed by atoms with Crippen LogP contribution in [-0.4, -0.2) is 41.2 Å². The van der Waals surface area contributed by atoms with E-state index in [1.54, 1.807) is 23.4 Å². The molecule has 0 aliphatic heterocycles. The number of aromatic amines is 1. The summed E-state index contributed by atoms with van der Waals surface area (Å²) in [5.74, 6) is 1.11. The van der Waals surface area contributed by atoms with Gasteiger partial charge in [-0.3, -0.25) is 24.0 Å². The van der Waals surface area contributed by atoms with Gasteiger partial charge in [-0.05, 0) is 19.3 Å². The van der Waals surface area contributed by atoms with Crippen LogP contribution in [0.5, 0.6) is 0 Å². The van der Waals surface area contributed by atoms with Crippen LogP contribution in [0, 0.1) is 0 Å². The maximum Gasteiger partial charge on any atom is 0.330 e. The van der Waals surface area contributed by atoms with Crippen LogP contribution in [-0.2, 0) is 24.1 Å². The maximum atomic E-state index is 12.4. The van der Waals surface area contributed by atoms with E-state index in [9.17, 15) is 14.4 Å². The number of anilines is 1. The number of aromatic nitrogens is 6. The number of nitrogens with zero attached hydrogens (tertiary/aromatic N) is 6. The van der Waals surface area contributed by atoms with Crippen LogP contribution in [0.1, 0.15) is 45.4 Å². The van der Waals surface area contributed by atoms with Gasteiger partial charge in [-0.15, -0.1) is 10.2 Å². The molecule has 160 valence electrons. The van der Waals surface area contributed by atoms with Crippen molar-refractivity contribution in [3.63, 3.8) is 0 Å². The number of rotatable bonds is 8. The lowest BCUT2D eigenvalue weighted by atomic mass is 10.3. The van der Waals surface area contributed by atoms with Gasteiger partial charge in [-0.25, -0.2) is 9.78 Å². The van der Waals surface area contributed by atoms with Crippen LogP contribution in [0.2, 0.25) is 0 Å². The molecule has 0 spiro atoms. The lowest BCUT2D eigenvalue weighted by molar-refractivity contribution is -0.116. The molecule has 4 rings (SSSR count). The molecular weight excluding hydrogens is 426 g/mol. The molecule has 0 aromatic carbocycles. The molecule has 0 radical (unpaired) electrons. The van der Waals surface area contributed by atoms with Crippen LogP contribution >= 0.6 is 23.1 Å². The van der Waals surface area contributed by atoms with E-state index >= 15 is 0 Å². The molecule has 30 heavy (non-hydrogen) atoms. The Hall–Kier alpha value is -2.47. The van der Waals surface area contributed by atoms with Crippen LogP contribution in [0.4, 0.5) is 5.13 Å². The van der Waals surface area contributed by atoms with Gasteiger partial charge < -0.3 is 4.57 Å². The first kappa shape index (κ1) is 20.8. The molecule has 1 aliphatic carbocycles. The number of carbonyl (C=O) groups is 1. The smallest absolute Gasteiger partial charge is 0.325 e. The van der Waals surface area contributed by atoms with Gasteiger partial charge in [0.25, 0.3) is 5.56 Å². The number of fused-ring (bicyclic) bond motifs is 1. The van der Waals surface area contributed by atoms with E-state index in [0.717, 1.165) is 30.0 Å². The average Bonchev–Trinajstić information content (AvgIpc) is 3.31. The van der Waals surface area contributed by atoms with Gasteiger partial charge in [0.1, 0.15) is 5.82 Å². The molecule has 3 heterocycles. The Kier molecular flexibility index (Phi) is 5.78. The third kappa shape index (κ3) is 3.93. The second-order valence-electron chi connectivity index (χ2n) is 7.28. The van der Waals surface area contributed by atoms with E-state index in [1.807, 2.05) is 6.92 Å². The third-order valence-electron chi connectivity index (χ3n) is 5.02. The minimum Gasteiger partial charge on any atom is -0.325 e. The van der Waals surface area contributed by atoms with Crippen molar-refractivity contribution < 1.29 is 4.79 Å². The number of hydrogen-bond donors (Lipinski definition) is 1. The Morgan fingerprint density at radius 1 is 1.33 bits per heavy atom. The standard InChI is InChI=1S/C18H23N7O3S2/c1-4-5-8-24-14-13(15(27)20-16(24)28)23(3)12(19-14)9-29-18-22-21-17(30-18)25(10(2)26)11-6-7-11/h11H,4-9H2,1-3H3,(H,20,27,28). The van der Waals surface area contributed by atoms with E-state index < -0.39 is 11.2 Å². The number of thioether (sulfide) groups is 1. The summed E-state index contributed by atoms with van der Waals surface area (Å²) in [6.07, 6.45) is 3.74. The van der Waals surface area contributed by atoms with Gasteiger partial charge in [0.15, 0.2) is 15.5 Å². The Bertz CT molecular complexity index is 1200.